The van der Waals surface area contributed by atoms with Gasteiger partial charge in [-0.3, -0.25) is 4.79 Å². The molecular weight excluding hydrogens is 297 g/mol. The minimum atomic E-state index is -0.203. The van der Waals surface area contributed by atoms with Crippen LogP contribution in [-0.4, -0.2) is 62.8 Å². The maximum atomic E-state index is 13.8. The Morgan fingerprint density at radius 2 is 2.04 bits per heavy atom. The van der Waals surface area contributed by atoms with Crippen LogP contribution in [0.25, 0.3) is 0 Å². The third-order valence-electron chi connectivity index (χ3n) is 4.50. The third-order valence-corrected chi connectivity index (χ3v) is 4.50. The summed E-state index contributed by atoms with van der Waals surface area (Å²) in [4.78, 5) is 16.1. The number of para-hydroxylation sites is 1. The molecule has 1 N–H and O–H groups in total. The Kier molecular flexibility index (Phi) is 5.46. The zero-order valence-electron chi connectivity index (χ0n) is 13.3. The maximum Gasteiger partial charge on any atom is 0.236 e. The summed E-state index contributed by atoms with van der Waals surface area (Å²) in [7, 11) is 0. The van der Waals surface area contributed by atoms with E-state index in [1.165, 1.54) is 6.07 Å². The molecule has 2 aliphatic heterocycles. The molecule has 2 aliphatic rings. The summed E-state index contributed by atoms with van der Waals surface area (Å²) in [5.74, 6) is -0.0957. The van der Waals surface area contributed by atoms with Crippen LogP contribution in [0.3, 0.4) is 0 Å². The molecule has 3 rings (SSSR count). The normalized spacial score (nSPS) is 21.7. The van der Waals surface area contributed by atoms with Gasteiger partial charge in [0.05, 0.1) is 18.3 Å². The van der Waals surface area contributed by atoms with Crippen molar-refractivity contribution < 1.29 is 13.9 Å². The Morgan fingerprint density at radius 1 is 1.26 bits per heavy atom. The van der Waals surface area contributed by atoms with Gasteiger partial charge in [-0.25, -0.2) is 4.39 Å². The van der Waals surface area contributed by atoms with Crippen LogP contribution >= 0.6 is 0 Å². The van der Waals surface area contributed by atoms with Gasteiger partial charge >= 0.3 is 0 Å². The maximum absolute atomic E-state index is 13.8. The molecule has 1 aromatic carbocycles. The van der Waals surface area contributed by atoms with Crippen LogP contribution in [0.4, 0.5) is 10.1 Å². The lowest BCUT2D eigenvalue weighted by Gasteiger charge is -2.36. The van der Waals surface area contributed by atoms with Crippen LogP contribution in [0.1, 0.15) is 12.8 Å². The molecule has 0 radical (unpaired) electrons. The van der Waals surface area contributed by atoms with E-state index in [1.807, 2.05) is 15.9 Å². The van der Waals surface area contributed by atoms with E-state index in [-0.39, 0.29) is 17.8 Å². The van der Waals surface area contributed by atoms with Crippen molar-refractivity contribution in [2.45, 2.75) is 18.9 Å². The van der Waals surface area contributed by atoms with Gasteiger partial charge < -0.3 is 19.9 Å². The second kappa shape index (κ2) is 7.75. The van der Waals surface area contributed by atoms with Gasteiger partial charge in [0.25, 0.3) is 0 Å². The van der Waals surface area contributed by atoms with Crippen LogP contribution in [0.2, 0.25) is 0 Å². The number of nitrogens with one attached hydrogen (secondary N) is 1. The summed E-state index contributed by atoms with van der Waals surface area (Å²) in [6.45, 7) is 4.51. The fourth-order valence-electron chi connectivity index (χ4n) is 3.16. The Labute approximate surface area is 136 Å². The lowest BCUT2D eigenvalue weighted by molar-refractivity contribution is -0.130. The highest BCUT2D eigenvalue weighted by Crippen LogP contribution is 2.20. The molecule has 0 bridgehead atoms. The quantitative estimate of drug-likeness (QED) is 0.886. The van der Waals surface area contributed by atoms with Crippen molar-refractivity contribution in [3.63, 3.8) is 0 Å². The van der Waals surface area contributed by atoms with Gasteiger partial charge in [-0.05, 0) is 25.0 Å². The molecule has 0 spiro atoms. The first-order chi connectivity index (χ1) is 11.2. The zero-order valence-corrected chi connectivity index (χ0v) is 13.3. The molecule has 0 aromatic heterocycles. The molecule has 1 unspecified atom stereocenters. The van der Waals surface area contributed by atoms with Gasteiger partial charge in [0.1, 0.15) is 5.82 Å². The predicted octanol–water partition coefficient (Wildman–Crippen LogP) is 1.24. The summed E-state index contributed by atoms with van der Waals surface area (Å²) in [6.07, 6.45) is 2.43. The van der Waals surface area contributed by atoms with Crippen molar-refractivity contribution >= 4 is 11.6 Å². The molecule has 2 fully saturated rings. The lowest BCUT2D eigenvalue weighted by Crippen LogP contribution is -2.51. The average molecular weight is 321 g/mol. The predicted molar refractivity (Wildman–Crippen MR) is 87.0 cm³/mol. The summed E-state index contributed by atoms with van der Waals surface area (Å²) in [6, 6.07) is 6.79. The van der Waals surface area contributed by atoms with Gasteiger partial charge in [0.15, 0.2) is 0 Å². The monoisotopic (exact) mass is 321 g/mol. The van der Waals surface area contributed by atoms with E-state index in [2.05, 4.69) is 5.32 Å². The number of nitrogens with zero attached hydrogens (tertiary/aromatic N) is 2. The van der Waals surface area contributed by atoms with Crippen molar-refractivity contribution in [3.8, 4) is 0 Å². The Balaban J connectivity index is 1.41. The summed E-state index contributed by atoms with van der Waals surface area (Å²) in [5, 5.41) is 3.19. The van der Waals surface area contributed by atoms with Crippen molar-refractivity contribution in [1.82, 2.24) is 10.2 Å². The number of hydrogen-bond acceptors (Lipinski definition) is 4. The topological polar surface area (TPSA) is 44.8 Å². The number of piperazine rings is 1. The number of carbonyl (C=O) groups is 1. The molecule has 0 saturated carbocycles. The molecule has 1 aromatic rings. The van der Waals surface area contributed by atoms with Crippen molar-refractivity contribution in [1.29, 1.82) is 0 Å². The highest BCUT2D eigenvalue weighted by atomic mass is 19.1. The van der Waals surface area contributed by atoms with E-state index in [1.54, 1.807) is 12.1 Å². The number of rotatable bonds is 5. The standard InChI is InChI=1S/C17H24FN3O2/c18-15-5-1-2-6-16(15)20-7-9-21(10-8-20)17(22)13-19-12-14-4-3-11-23-14/h1-2,5-6,14,19H,3-4,7-13H2. The van der Waals surface area contributed by atoms with Crippen molar-refractivity contribution in [2.24, 2.45) is 0 Å². The van der Waals surface area contributed by atoms with Gasteiger partial charge in [-0.1, -0.05) is 12.1 Å². The molecule has 1 atom stereocenters. The van der Waals surface area contributed by atoms with Gasteiger partial charge in [0, 0.05) is 39.3 Å². The highest BCUT2D eigenvalue weighted by Gasteiger charge is 2.23. The first-order valence-electron chi connectivity index (χ1n) is 8.33. The van der Waals surface area contributed by atoms with Crippen molar-refractivity contribution in [3.05, 3.63) is 30.1 Å². The van der Waals surface area contributed by atoms with Crippen LogP contribution in [0, 0.1) is 5.82 Å². The van der Waals surface area contributed by atoms with E-state index in [4.69, 9.17) is 4.74 Å². The minimum absolute atomic E-state index is 0.108. The van der Waals surface area contributed by atoms with Gasteiger partial charge in [0.2, 0.25) is 5.91 Å². The molecule has 6 heteroatoms. The number of ether oxygens (including phenoxy) is 1. The van der Waals surface area contributed by atoms with E-state index in [9.17, 15) is 9.18 Å². The fourth-order valence-corrected chi connectivity index (χ4v) is 3.16. The molecule has 1 amide bonds. The first-order valence-corrected chi connectivity index (χ1v) is 8.33. The molecule has 2 heterocycles. The van der Waals surface area contributed by atoms with E-state index >= 15 is 0 Å². The largest absolute Gasteiger partial charge is 0.377 e. The smallest absolute Gasteiger partial charge is 0.236 e. The molecule has 126 valence electrons. The number of amides is 1. The van der Waals surface area contributed by atoms with Crippen LogP contribution in [-0.2, 0) is 9.53 Å². The Bertz CT molecular complexity index is 526. The number of carbonyl (C=O) groups excluding carboxylic acids is 1. The van der Waals surface area contributed by atoms with Crippen LogP contribution in [0.15, 0.2) is 24.3 Å². The Morgan fingerprint density at radius 3 is 2.74 bits per heavy atom. The first kappa shape index (κ1) is 16.2. The fraction of sp³-hybridized carbons (Fsp3) is 0.588. The summed E-state index contributed by atoms with van der Waals surface area (Å²) < 4.78 is 19.3. The second-order valence-corrected chi connectivity index (χ2v) is 6.09. The second-order valence-electron chi connectivity index (χ2n) is 6.09. The Hall–Kier alpha value is -1.66. The number of anilines is 1. The number of benzene rings is 1. The van der Waals surface area contributed by atoms with Crippen molar-refractivity contribution in [2.75, 3.05) is 50.8 Å². The summed E-state index contributed by atoms with van der Waals surface area (Å²) in [5.41, 5.74) is 0.621. The molecule has 5 nitrogen and oxygen atoms in total. The van der Waals surface area contributed by atoms with Crippen LogP contribution in [0.5, 0.6) is 0 Å². The molecule has 2 saturated heterocycles. The minimum Gasteiger partial charge on any atom is -0.377 e. The van der Waals surface area contributed by atoms with E-state index < -0.39 is 0 Å². The molecular formula is C17H24FN3O2. The SMILES string of the molecule is O=C(CNCC1CCCO1)N1CCN(c2ccccc2F)CC1. The number of hydrogen-bond donors (Lipinski definition) is 1. The highest BCUT2D eigenvalue weighted by molar-refractivity contribution is 5.78. The van der Waals surface area contributed by atoms with Gasteiger partial charge in [-0.2, -0.15) is 0 Å². The zero-order chi connectivity index (χ0) is 16.1. The third kappa shape index (κ3) is 4.20. The average Bonchev–Trinajstić information content (AvgIpc) is 3.09. The lowest BCUT2D eigenvalue weighted by atomic mass is 10.2. The van der Waals surface area contributed by atoms with Gasteiger partial charge in [-0.15, -0.1) is 0 Å². The van der Waals surface area contributed by atoms with E-state index in [0.717, 1.165) is 26.0 Å². The molecule has 0 aliphatic carbocycles. The summed E-state index contributed by atoms with van der Waals surface area (Å²) >= 11 is 0. The van der Waals surface area contributed by atoms with Crippen LogP contribution < -0.4 is 10.2 Å². The number of halogens is 1. The van der Waals surface area contributed by atoms with E-state index in [0.29, 0.717) is 38.4 Å². The molecule has 23 heavy (non-hydrogen) atoms.